The fourth-order valence-corrected chi connectivity index (χ4v) is 1.71. The Morgan fingerprint density at radius 3 is 3.07 bits per heavy atom. The normalized spacial score (nSPS) is 10.5. The number of hydrogen-bond donors (Lipinski definition) is 0. The molecule has 2 aromatic rings. The van der Waals surface area contributed by atoms with Crippen LogP contribution in [0.25, 0.3) is 0 Å². The number of Topliss-reactive ketones (excluding diaryl/α,β-unsaturated/α-hetero) is 1. The van der Waals surface area contributed by atoms with Gasteiger partial charge in [0.1, 0.15) is 11.5 Å². The molecule has 5 nitrogen and oxygen atoms in total. The second kappa shape index (κ2) is 4.31. The van der Waals surface area contributed by atoms with Crippen molar-refractivity contribution >= 4 is 17.5 Å². The lowest BCUT2D eigenvalue weighted by molar-refractivity contribution is 0.0978. The van der Waals surface area contributed by atoms with E-state index in [0.29, 0.717) is 18.5 Å². The Morgan fingerprint density at radius 1 is 1.60 bits per heavy atom. The van der Waals surface area contributed by atoms with Crippen molar-refractivity contribution in [3.05, 3.63) is 30.1 Å². The number of ketones is 1. The number of carbonyl (C=O) groups excluding carboxylic acids is 1. The summed E-state index contributed by atoms with van der Waals surface area (Å²) in [6.45, 7) is 0. The van der Waals surface area contributed by atoms with Crippen LogP contribution in [0.15, 0.2) is 18.6 Å². The number of aryl methyl sites for hydroxylation is 2. The summed E-state index contributed by atoms with van der Waals surface area (Å²) in [5.74, 6) is 0.929. The first-order valence-corrected chi connectivity index (χ1v) is 5.27. The van der Waals surface area contributed by atoms with Crippen LogP contribution in [0.1, 0.15) is 22.7 Å². The number of aromatic nitrogens is 4. The Morgan fingerprint density at radius 2 is 2.47 bits per heavy atom. The van der Waals surface area contributed by atoms with Gasteiger partial charge in [0.05, 0.1) is 17.9 Å². The Kier molecular flexibility index (Phi) is 2.86. The van der Waals surface area contributed by atoms with Gasteiger partial charge in [-0.05, 0) is 0 Å². The SMILES string of the molecule is Cn1ccnc1CCC(=O)c1cnsn1. The summed E-state index contributed by atoms with van der Waals surface area (Å²) in [4.78, 5) is 15.7. The molecule has 15 heavy (non-hydrogen) atoms. The van der Waals surface area contributed by atoms with E-state index in [2.05, 4.69) is 13.7 Å². The van der Waals surface area contributed by atoms with E-state index in [9.17, 15) is 4.79 Å². The standard InChI is InChI=1S/C9H10N4OS/c1-13-5-4-10-9(13)3-2-8(14)7-6-11-15-12-7/h4-6H,2-3H2,1H3. The van der Waals surface area contributed by atoms with Gasteiger partial charge in [-0.15, -0.1) is 0 Å². The molecule has 0 N–H and O–H groups in total. The first kappa shape index (κ1) is 9.97. The van der Waals surface area contributed by atoms with Crippen molar-refractivity contribution in [3.8, 4) is 0 Å². The van der Waals surface area contributed by atoms with Gasteiger partial charge < -0.3 is 4.57 Å². The third-order valence-corrected chi connectivity index (χ3v) is 2.62. The smallest absolute Gasteiger partial charge is 0.184 e. The highest BCUT2D eigenvalue weighted by molar-refractivity contribution is 6.99. The Labute approximate surface area is 91.1 Å². The highest BCUT2D eigenvalue weighted by atomic mass is 32.1. The lowest BCUT2D eigenvalue weighted by Gasteiger charge is -1.99. The number of hydrogen-bond acceptors (Lipinski definition) is 5. The summed E-state index contributed by atoms with van der Waals surface area (Å²) in [5.41, 5.74) is 0.453. The van der Waals surface area contributed by atoms with E-state index < -0.39 is 0 Å². The van der Waals surface area contributed by atoms with Crippen molar-refractivity contribution in [2.45, 2.75) is 12.8 Å². The van der Waals surface area contributed by atoms with Gasteiger partial charge >= 0.3 is 0 Å². The predicted octanol–water partition coefficient (Wildman–Crippen LogP) is 1.09. The molecule has 6 heteroatoms. The molecular formula is C9H10N4OS. The molecule has 0 aliphatic carbocycles. The Bertz CT molecular complexity index is 448. The molecule has 0 spiro atoms. The van der Waals surface area contributed by atoms with Gasteiger partial charge in [0.2, 0.25) is 0 Å². The van der Waals surface area contributed by atoms with E-state index in [-0.39, 0.29) is 5.78 Å². The van der Waals surface area contributed by atoms with Crippen molar-refractivity contribution in [1.29, 1.82) is 0 Å². The van der Waals surface area contributed by atoms with Crippen LogP contribution in [0.3, 0.4) is 0 Å². The molecule has 2 aromatic heterocycles. The summed E-state index contributed by atoms with van der Waals surface area (Å²) >= 11 is 1.05. The maximum absolute atomic E-state index is 11.6. The Balaban J connectivity index is 1.95. The maximum Gasteiger partial charge on any atom is 0.184 e. The van der Waals surface area contributed by atoms with Crippen LogP contribution >= 0.6 is 11.7 Å². The summed E-state index contributed by atoms with van der Waals surface area (Å²) in [5, 5.41) is 0. The third-order valence-electron chi connectivity index (χ3n) is 2.14. The second-order valence-corrected chi connectivity index (χ2v) is 3.73. The zero-order valence-electron chi connectivity index (χ0n) is 8.25. The van der Waals surface area contributed by atoms with Gasteiger partial charge in [0, 0.05) is 32.3 Å². The molecule has 2 rings (SSSR count). The minimum atomic E-state index is 0.0201. The first-order chi connectivity index (χ1) is 7.27. The number of imidazole rings is 1. The number of carbonyl (C=O) groups is 1. The van der Waals surface area contributed by atoms with Crippen LogP contribution in [0.5, 0.6) is 0 Å². The van der Waals surface area contributed by atoms with Gasteiger partial charge in [0.25, 0.3) is 0 Å². The number of nitrogens with zero attached hydrogens (tertiary/aromatic N) is 4. The molecule has 0 radical (unpaired) electrons. The van der Waals surface area contributed by atoms with Gasteiger partial charge in [-0.2, -0.15) is 8.75 Å². The monoisotopic (exact) mass is 222 g/mol. The highest BCUT2D eigenvalue weighted by Crippen LogP contribution is 2.05. The molecule has 2 heterocycles. The van der Waals surface area contributed by atoms with Crippen LogP contribution in [0.4, 0.5) is 0 Å². The molecular weight excluding hydrogens is 212 g/mol. The quantitative estimate of drug-likeness (QED) is 0.726. The first-order valence-electron chi connectivity index (χ1n) is 4.54. The van der Waals surface area contributed by atoms with Crippen molar-refractivity contribution in [3.63, 3.8) is 0 Å². The van der Waals surface area contributed by atoms with E-state index in [0.717, 1.165) is 17.6 Å². The zero-order chi connectivity index (χ0) is 10.7. The topological polar surface area (TPSA) is 60.7 Å². The van der Waals surface area contributed by atoms with E-state index >= 15 is 0 Å². The summed E-state index contributed by atoms with van der Waals surface area (Å²) < 4.78 is 9.60. The Hall–Kier alpha value is -1.56. The van der Waals surface area contributed by atoms with Crippen LogP contribution in [0, 0.1) is 0 Å². The van der Waals surface area contributed by atoms with E-state index in [1.54, 1.807) is 6.20 Å². The van der Waals surface area contributed by atoms with Crippen molar-refractivity contribution in [1.82, 2.24) is 18.3 Å². The fraction of sp³-hybridized carbons (Fsp3) is 0.333. The maximum atomic E-state index is 11.6. The largest absolute Gasteiger partial charge is 0.338 e. The molecule has 0 saturated carbocycles. The van der Waals surface area contributed by atoms with E-state index in [4.69, 9.17) is 0 Å². The molecule has 0 aromatic carbocycles. The summed E-state index contributed by atoms with van der Waals surface area (Å²) in [6.07, 6.45) is 6.16. The lowest BCUT2D eigenvalue weighted by Crippen LogP contribution is -2.04. The van der Waals surface area contributed by atoms with Crippen molar-refractivity contribution in [2.24, 2.45) is 7.05 Å². The van der Waals surface area contributed by atoms with Gasteiger partial charge in [-0.1, -0.05) is 0 Å². The van der Waals surface area contributed by atoms with E-state index in [1.807, 2.05) is 17.8 Å². The highest BCUT2D eigenvalue weighted by Gasteiger charge is 2.10. The molecule has 0 fully saturated rings. The van der Waals surface area contributed by atoms with Crippen LogP contribution in [0.2, 0.25) is 0 Å². The minimum absolute atomic E-state index is 0.0201. The number of rotatable bonds is 4. The average molecular weight is 222 g/mol. The summed E-state index contributed by atoms with van der Waals surface area (Å²) in [6, 6.07) is 0. The molecule has 0 unspecified atom stereocenters. The van der Waals surface area contributed by atoms with Crippen LogP contribution < -0.4 is 0 Å². The molecule has 0 amide bonds. The van der Waals surface area contributed by atoms with Gasteiger partial charge in [-0.25, -0.2) is 4.98 Å². The predicted molar refractivity (Wildman–Crippen MR) is 55.8 cm³/mol. The minimum Gasteiger partial charge on any atom is -0.338 e. The van der Waals surface area contributed by atoms with Gasteiger partial charge in [0.15, 0.2) is 5.78 Å². The second-order valence-electron chi connectivity index (χ2n) is 3.17. The van der Waals surface area contributed by atoms with Crippen molar-refractivity contribution in [2.75, 3.05) is 0 Å². The fourth-order valence-electron chi connectivity index (χ4n) is 1.28. The molecule has 0 bridgehead atoms. The van der Waals surface area contributed by atoms with E-state index in [1.165, 1.54) is 6.20 Å². The van der Waals surface area contributed by atoms with Crippen LogP contribution in [-0.4, -0.2) is 24.1 Å². The van der Waals surface area contributed by atoms with Gasteiger partial charge in [-0.3, -0.25) is 4.79 Å². The summed E-state index contributed by atoms with van der Waals surface area (Å²) in [7, 11) is 1.91. The molecule has 0 saturated heterocycles. The average Bonchev–Trinajstić information content (AvgIpc) is 2.85. The molecule has 78 valence electrons. The van der Waals surface area contributed by atoms with Crippen molar-refractivity contribution < 1.29 is 4.79 Å². The third kappa shape index (κ3) is 2.27. The molecule has 0 atom stereocenters. The lowest BCUT2D eigenvalue weighted by atomic mass is 10.2. The molecule has 0 aliphatic rings. The van der Waals surface area contributed by atoms with Crippen LogP contribution in [-0.2, 0) is 13.5 Å². The molecule has 0 aliphatic heterocycles. The zero-order valence-corrected chi connectivity index (χ0v) is 9.07.